The fraction of sp³-hybridized carbons (Fsp3) is 0.750. The lowest BCUT2D eigenvalue weighted by Gasteiger charge is -2.16. The maximum absolute atomic E-state index is 5.48. The van der Waals surface area contributed by atoms with Crippen LogP contribution < -0.4 is 10.2 Å². The smallest absolute Gasteiger partial charge is 0.297 e. The molecule has 92 valence electrons. The molecule has 1 aromatic rings. The second kappa shape index (κ2) is 7.28. The molecular formula is C12H23N3O. The van der Waals surface area contributed by atoms with Crippen molar-refractivity contribution < 1.29 is 4.42 Å². The van der Waals surface area contributed by atoms with Crippen LogP contribution in [0.2, 0.25) is 0 Å². The van der Waals surface area contributed by atoms with E-state index in [2.05, 4.69) is 36.0 Å². The van der Waals surface area contributed by atoms with Crippen molar-refractivity contribution in [1.82, 2.24) is 10.3 Å². The SMILES string of the molecule is CCCNCc1coc(N(CC)CCC)n1. The summed E-state index contributed by atoms with van der Waals surface area (Å²) in [6.45, 7) is 10.2. The summed E-state index contributed by atoms with van der Waals surface area (Å²) < 4.78 is 5.48. The quantitative estimate of drug-likeness (QED) is 0.690. The van der Waals surface area contributed by atoms with E-state index >= 15 is 0 Å². The maximum atomic E-state index is 5.48. The average Bonchev–Trinajstić information content (AvgIpc) is 2.75. The van der Waals surface area contributed by atoms with Crippen LogP contribution in [0.25, 0.3) is 0 Å². The van der Waals surface area contributed by atoms with Gasteiger partial charge in [-0.2, -0.15) is 4.98 Å². The highest BCUT2D eigenvalue weighted by Crippen LogP contribution is 2.13. The Kier molecular flexibility index (Phi) is 5.93. The van der Waals surface area contributed by atoms with Crippen molar-refractivity contribution in [3.63, 3.8) is 0 Å². The Bertz CT molecular complexity index is 286. The van der Waals surface area contributed by atoms with Gasteiger partial charge in [0.25, 0.3) is 6.01 Å². The first-order valence-electron chi connectivity index (χ1n) is 6.21. The standard InChI is InChI=1S/C12H23N3O/c1-4-7-13-9-11-10-16-12(14-11)15(6-3)8-5-2/h10,13H,4-9H2,1-3H3. The molecule has 0 bridgehead atoms. The molecule has 0 saturated carbocycles. The third-order valence-electron chi connectivity index (χ3n) is 2.42. The van der Waals surface area contributed by atoms with Crippen molar-refractivity contribution in [2.75, 3.05) is 24.5 Å². The van der Waals surface area contributed by atoms with Gasteiger partial charge in [0.05, 0.1) is 5.69 Å². The molecule has 1 heterocycles. The first-order chi connectivity index (χ1) is 7.81. The molecule has 0 amide bonds. The Morgan fingerprint density at radius 1 is 1.31 bits per heavy atom. The zero-order valence-corrected chi connectivity index (χ0v) is 10.6. The normalized spacial score (nSPS) is 10.7. The van der Waals surface area contributed by atoms with Crippen molar-refractivity contribution in [3.05, 3.63) is 12.0 Å². The second-order valence-corrected chi connectivity index (χ2v) is 3.88. The molecule has 0 radical (unpaired) electrons. The highest BCUT2D eigenvalue weighted by molar-refractivity contribution is 5.26. The van der Waals surface area contributed by atoms with Crippen molar-refractivity contribution in [2.45, 2.75) is 40.2 Å². The first-order valence-corrected chi connectivity index (χ1v) is 6.21. The largest absolute Gasteiger partial charge is 0.432 e. The summed E-state index contributed by atoms with van der Waals surface area (Å²) in [5.41, 5.74) is 0.984. The highest BCUT2D eigenvalue weighted by atomic mass is 16.4. The second-order valence-electron chi connectivity index (χ2n) is 3.88. The van der Waals surface area contributed by atoms with Gasteiger partial charge in [-0.05, 0) is 26.3 Å². The lowest BCUT2D eigenvalue weighted by Crippen LogP contribution is -2.23. The molecule has 0 atom stereocenters. The molecule has 4 nitrogen and oxygen atoms in total. The summed E-state index contributed by atoms with van der Waals surface area (Å²) in [5, 5.41) is 3.31. The van der Waals surface area contributed by atoms with Crippen LogP contribution in [0, 0.1) is 0 Å². The number of nitrogens with zero attached hydrogens (tertiary/aromatic N) is 2. The summed E-state index contributed by atoms with van der Waals surface area (Å²) >= 11 is 0. The molecule has 4 heteroatoms. The van der Waals surface area contributed by atoms with Crippen LogP contribution in [-0.2, 0) is 6.54 Å². The molecular weight excluding hydrogens is 202 g/mol. The van der Waals surface area contributed by atoms with Gasteiger partial charge in [-0.3, -0.25) is 0 Å². The summed E-state index contributed by atoms with van der Waals surface area (Å²) in [6.07, 6.45) is 4.00. The minimum absolute atomic E-state index is 0.748. The van der Waals surface area contributed by atoms with Crippen LogP contribution in [0.5, 0.6) is 0 Å². The highest BCUT2D eigenvalue weighted by Gasteiger charge is 2.09. The molecule has 0 aromatic carbocycles. The lowest BCUT2D eigenvalue weighted by molar-refractivity contribution is 0.533. The molecule has 1 rings (SSSR count). The van der Waals surface area contributed by atoms with E-state index in [-0.39, 0.29) is 0 Å². The molecule has 0 aliphatic heterocycles. The van der Waals surface area contributed by atoms with Gasteiger partial charge in [0.15, 0.2) is 0 Å². The minimum Gasteiger partial charge on any atom is -0.432 e. The number of anilines is 1. The van der Waals surface area contributed by atoms with Gasteiger partial charge in [-0.15, -0.1) is 0 Å². The monoisotopic (exact) mass is 225 g/mol. The summed E-state index contributed by atoms with van der Waals surface area (Å²) in [4.78, 5) is 6.62. The van der Waals surface area contributed by atoms with E-state index < -0.39 is 0 Å². The van der Waals surface area contributed by atoms with Gasteiger partial charge in [0, 0.05) is 19.6 Å². The maximum Gasteiger partial charge on any atom is 0.297 e. The molecule has 0 aliphatic carbocycles. The van der Waals surface area contributed by atoms with Crippen LogP contribution in [0.1, 0.15) is 39.3 Å². The molecule has 0 spiro atoms. The molecule has 0 unspecified atom stereocenters. The Hall–Kier alpha value is -1.03. The van der Waals surface area contributed by atoms with Crippen LogP contribution in [0.3, 0.4) is 0 Å². The molecule has 16 heavy (non-hydrogen) atoms. The van der Waals surface area contributed by atoms with Crippen LogP contribution in [0.4, 0.5) is 6.01 Å². The number of rotatable bonds is 8. The fourth-order valence-electron chi connectivity index (χ4n) is 1.57. The summed E-state index contributed by atoms with van der Waals surface area (Å²) in [5.74, 6) is 0. The Morgan fingerprint density at radius 2 is 2.12 bits per heavy atom. The van der Waals surface area contributed by atoms with Crippen molar-refractivity contribution >= 4 is 6.01 Å². The minimum atomic E-state index is 0.748. The Morgan fingerprint density at radius 3 is 2.75 bits per heavy atom. The van der Waals surface area contributed by atoms with Gasteiger partial charge >= 0.3 is 0 Å². The van der Waals surface area contributed by atoms with Crippen LogP contribution >= 0.6 is 0 Å². The molecule has 0 aliphatic rings. The fourth-order valence-corrected chi connectivity index (χ4v) is 1.57. The van der Waals surface area contributed by atoms with Gasteiger partial charge in [0.2, 0.25) is 0 Å². The van der Waals surface area contributed by atoms with Crippen LogP contribution in [-0.4, -0.2) is 24.6 Å². The van der Waals surface area contributed by atoms with E-state index in [1.165, 1.54) is 0 Å². The van der Waals surface area contributed by atoms with Gasteiger partial charge in [-0.1, -0.05) is 13.8 Å². The zero-order chi connectivity index (χ0) is 11.8. The molecule has 0 fully saturated rings. The number of hydrogen-bond donors (Lipinski definition) is 1. The van der Waals surface area contributed by atoms with Gasteiger partial charge in [0.1, 0.15) is 6.26 Å². The topological polar surface area (TPSA) is 41.3 Å². The van der Waals surface area contributed by atoms with Gasteiger partial charge in [-0.25, -0.2) is 0 Å². The number of hydrogen-bond acceptors (Lipinski definition) is 4. The Balaban J connectivity index is 2.48. The number of oxazole rings is 1. The van der Waals surface area contributed by atoms with E-state index in [0.717, 1.165) is 50.7 Å². The third kappa shape index (κ3) is 3.85. The zero-order valence-electron chi connectivity index (χ0n) is 10.6. The van der Waals surface area contributed by atoms with E-state index in [4.69, 9.17) is 4.42 Å². The van der Waals surface area contributed by atoms with Crippen molar-refractivity contribution in [2.24, 2.45) is 0 Å². The van der Waals surface area contributed by atoms with Crippen molar-refractivity contribution in [1.29, 1.82) is 0 Å². The summed E-state index contributed by atoms with van der Waals surface area (Å²) in [7, 11) is 0. The van der Waals surface area contributed by atoms with E-state index in [1.54, 1.807) is 6.26 Å². The van der Waals surface area contributed by atoms with E-state index in [0.29, 0.717) is 0 Å². The molecule has 1 aromatic heterocycles. The predicted molar refractivity (Wildman–Crippen MR) is 66.7 cm³/mol. The van der Waals surface area contributed by atoms with Gasteiger partial charge < -0.3 is 14.6 Å². The van der Waals surface area contributed by atoms with E-state index in [9.17, 15) is 0 Å². The average molecular weight is 225 g/mol. The first kappa shape index (κ1) is 13.0. The lowest BCUT2D eigenvalue weighted by atomic mass is 10.4. The number of aromatic nitrogens is 1. The summed E-state index contributed by atoms with van der Waals surface area (Å²) in [6, 6.07) is 0.748. The van der Waals surface area contributed by atoms with Crippen LogP contribution in [0.15, 0.2) is 10.7 Å². The van der Waals surface area contributed by atoms with Crippen molar-refractivity contribution in [3.8, 4) is 0 Å². The third-order valence-corrected chi connectivity index (χ3v) is 2.42. The van der Waals surface area contributed by atoms with E-state index in [1.807, 2.05) is 0 Å². The number of nitrogens with one attached hydrogen (secondary N) is 1. The Labute approximate surface area is 98.0 Å². The molecule has 0 saturated heterocycles. The molecule has 1 N–H and O–H groups in total. The predicted octanol–water partition coefficient (Wildman–Crippen LogP) is 2.41.